The van der Waals surface area contributed by atoms with Crippen LogP contribution in [0.2, 0.25) is 0 Å². The zero-order valence-corrected chi connectivity index (χ0v) is 30.3. The van der Waals surface area contributed by atoms with Crippen molar-refractivity contribution >= 4 is 87.2 Å². The molecule has 0 atom stereocenters. The van der Waals surface area contributed by atoms with Crippen molar-refractivity contribution in [1.82, 2.24) is 19.5 Å². The van der Waals surface area contributed by atoms with E-state index in [2.05, 4.69) is 138 Å². The highest BCUT2D eigenvalue weighted by molar-refractivity contribution is 6.38. The Bertz CT molecular complexity index is 3710. The number of furan rings is 2. The standard InChI is InChI=1S/C51H28N4O2/c1-2-13-29(14-3-1)49-52-50(30-15-10-16-31(27-30)55-40-24-8-6-18-33(40)34-19-7-9-25-41(34)55)54-51(53-49)38-23-11-22-37-39-28-43-46-44-35(21-12-26-42(44)56-43)32-17-4-5-20-36(32)45(46)48(39)57-47(37)38/h1-28H. The molecule has 0 radical (unpaired) electrons. The van der Waals surface area contributed by atoms with Gasteiger partial charge in [-0.05, 0) is 58.6 Å². The van der Waals surface area contributed by atoms with Gasteiger partial charge in [-0.1, -0.05) is 127 Å². The SMILES string of the molecule is c1ccc(-c2nc(-c3cccc(-n4c5ccccc5c5ccccc54)c3)nc(-c3cccc4c3oc3c4cc4oc5cccc6c7ccccc7c3c4c56)n2)cc1. The van der Waals surface area contributed by atoms with Gasteiger partial charge in [0.05, 0.1) is 16.6 Å². The van der Waals surface area contributed by atoms with Crippen LogP contribution in [0.1, 0.15) is 0 Å². The van der Waals surface area contributed by atoms with Gasteiger partial charge in [-0.25, -0.2) is 15.0 Å². The Labute approximate surface area is 324 Å². The lowest BCUT2D eigenvalue weighted by Gasteiger charge is -2.11. The summed E-state index contributed by atoms with van der Waals surface area (Å²) in [6, 6.07) is 58.9. The van der Waals surface area contributed by atoms with Gasteiger partial charge >= 0.3 is 0 Å². The van der Waals surface area contributed by atoms with Crippen LogP contribution in [0.5, 0.6) is 0 Å². The van der Waals surface area contributed by atoms with Crippen molar-refractivity contribution in [3.05, 3.63) is 170 Å². The van der Waals surface area contributed by atoms with Crippen LogP contribution >= 0.6 is 0 Å². The lowest BCUT2D eigenvalue weighted by atomic mass is 9.93. The van der Waals surface area contributed by atoms with E-state index >= 15 is 0 Å². The molecule has 0 spiro atoms. The minimum absolute atomic E-state index is 0.538. The predicted octanol–water partition coefficient (Wildman–Crippen LogP) is 13.5. The molecular formula is C51H28N4O2. The normalized spacial score (nSPS) is 12.2. The van der Waals surface area contributed by atoms with Gasteiger partial charge in [0.1, 0.15) is 22.3 Å². The first-order valence-corrected chi connectivity index (χ1v) is 19.1. The largest absolute Gasteiger partial charge is 0.456 e. The minimum Gasteiger partial charge on any atom is -0.456 e. The van der Waals surface area contributed by atoms with E-state index in [0.717, 1.165) is 88.1 Å². The highest BCUT2D eigenvalue weighted by Gasteiger charge is 2.24. The maximum absolute atomic E-state index is 7.07. The fourth-order valence-electron chi connectivity index (χ4n) is 9.15. The number of hydrogen-bond donors (Lipinski definition) is 0. The van der Waals surface area contributed by atoms with Crippen molar-refractivity contribution in [2.24, 2.45) is 0 Å². The predicted molar refractivity (Wildman–Crippen MR) is 231 cm³/mol. The molecular weight excluding hydrogens is 701 g/mol. The Kier molecular flexibility index (Phi) is 6.07. The first kappa shape index (κ1) is 30.5. The molecule has 0 aliphatic carbocycles. The van der Waals surface area contributed by atoms with Gasteiger partial charge in [0.25, 0.3) is 0 Å². The van der Waals surface area contributed by atoms with Crippen LogP contribution in [0.25, 0.3) is 127 Å². The van der Waals surface area contributed by atoms with E-state index in [4.69, 9.17) is 23.8 Å². The fraction of sp³-hybridized carbons (Fsp3) is 0. The van der Waals surface area contributed by atoms with Crippen molar-refractivity contribution in [3.63, 3.8) is 0 Å². The van der Waals surface area contributed by atoms with Crippen LogP contribution in [0, 0.1) is 0 Å². The van der Waals surface area contributed by atoms with Crippen LogP contribution in [0.15, 0.2) is 179 Å². The van der Waals surface area contributed by atoms with Gasteiger partial charge in [0, 0.05) is 54.5 Å². The molecule has 13 aromatic rings. The quantitative estimate of drug-likeness (QED) is 0.169. The number of fused-ring (bicyclic) bond motifs is 10. The van der Waals surface area contributed by atoms with Crippen molar-refractivity contribution in [2.45, 2.75) is 0 Å². The van der Waals surface area contributed by atoms with E-state index in [9.17, 15) is 0 Å². The van der Waals surface area contributed by atoms with E-state index in [0.29, 0.717) is 17.5 Å². The molecule has 0 saturated heterocycles. The summed E-state index contributed by atoms with van der Waals surface area (Å²) < 4.78 is 15.9. The molecule has 4 aromatic heterocycles. The zero-order chi connectivity index (χ0) is 37.2. The molecule has 0 aliphatic rings. The molecule has 6 nitrogen and oxygen atoms in total. The smallest absolute Gasteiger partial charge is 0.167 e. The molecule has 13 rings (SSSR count). The summed E-state index contributed by atoms with van der Waals surface area (Å²) in [7, 11) is 0. The van der Waals surface area contributed by atoms with E-state index in [1.54, 1.807) is 0 Å². The van der Waals surface area contributed by atoms with Gasteiger partial charge in [-0.2, -0.15) is 0 Å². The molecule has 0 amide bonds. The van der Waals surface area contributed by atoms with Gasteiger partial charge in [0.15, 0.2) is 17.5 Å². The summed E-state index contributed by atoms with van der Waals surface area (Å²) in [5.41, 5.74) is 9.17. The highest BCUT2D eigenvalue weighted by atomic mass is 16.3. The van der Waals surface area contributed by atoms with Crippen LogP contribution < -0.4 is 0 Å². The zero-order valence-electron chi connectivity index (χ0n) is 30.3. The topological polar surface area (TPSA) is 69.9 Å². The van der Waals surface area contributed by atoms with Crippen molar-refractivity contribution in [3.8, 4) is 39.9 Å². The fourth-order valence-corrected chi connectivity index (χ4v) is 9.15. The third-order valence-electron chi connectivity index (χ3n) is 11.6. The van der Waals surface area contributed by atoms with Crippen LogP contribution in [-0.2, 0) is 0 Å². The lowest BCUT2D eigenvalue weighted by molar-refractivity contribution is 0.666. The number of nitrogens with zero attached hydrogens (tertiary/aromatic N) is 4. The summed E-state index contributed by atoms with van der Waals surface area (Å²) in [5, 5.41) is 11.1. The summed E-state index contributed by atoms with van der Waals surface area (Å²) in [5.74, 6) is 1.71. The van der Waals surface area contributed by atoms with Crippen LogP contribution in [0.4, 0.5) is 0 Å². The first-order chi connectivity index (χ1) is 28.3. The number of aromatic nitrogens is 4. The Hall–Kier alpha value is -7.83. The second kappa shape index (κ2) is 11.4. The molecule has 0 saturated carbocycles. The van der Waals surface area contributed by atoms with Crippen molar-refractivity contribution < 1.29 is 8.83 Å². The number of para-hydroxylation sites is 3. The first-order valence-electron chi connectivity index (χ1n) is 19.1. The Morgan fingerprint density at radius 2 is 0.947 bits per heavy atom. The average molecular weight is 729 g/mol. The molecule has 57 heavy (non-hydrogen) atoms. The Balaban J connectivity index is 1.06. The van der Waals surface area contributed by atoms with Gasteiger partial charge in [0.2, 0.25) is 0 Å². The summed E-state index contributed by atoms with van der Waals surface area (Å²) in [6.07, 6.45) is 0. The maximum Gasteiger partial charge on any atom is 0.167 e. The summed E-state index contributed by atoms with van der Waals surface area (Å²) in [6.45, 7) is 0. The number of benzene rings is 9. The Morgan fingerprint density at radius 1 is 0.351 bits per heavy atom. The van der Waals surface area contributed by atoms with E-state index in [1.807, 2.05) is 36.4 Å². The summed E-state index contributed by atoms with van der Waals surface area (Å²) in [4.78, 5) is 15.5. The highest BCUT2D eigenvalue weighted by Crippen LogP contribution is 2.48. The molecule has 0 N–H and O–H groups in total. The Morgan fingerprint density at radius 3 is 1.75 bits per heavy atom. The van der Waals surface area contributed by atoms with Crippen LogP contribution in [0.3, 0.4) is 0 Å². The van der Waals surface area contributed by atoms with Gasteiger partial charge in [-0.3, -0.25) is 0 Å². The van der Waals surface area contributed by atoms with Crippen LogP contribution in [-0.4, -0.2) is 19.5 Å². The number of hydrogen-bond acceptors (Lipinski definition) is 5. The molecule has 0 bridgehead atoms. The second-order valence-electron chi connectivity index (χ2n) is 14.7. The maximum atomic E-state index is 7.07. The van der Waals surface area contributed by atoms with Crippen molar-refractivity contribution in [2.75, 3.05) is 0 Å². The molecule has 0 unspecified atom stereocenters. The van der Waals surface area contributed by atoms with E-state index < -0.39 is 0 Å². The van der Waals surface area contributed by atoms with Crippen molar-refractivity contribution in [1.29, 1.82) is 0 Å². The van der Waals surface area contributed by atoms with Gasteiger partial charge in [-0.15, -0.1) is 0 Å². The third kappa shape index (κ3) is 4.26. The molecule has 6 heteroatoms. The number of rotatable bonds is 4. The van der Waals surface area contributed by atoms with E-state index in [-0.39, 0.29) is 0 Å². The third-order valence-corrected chi connectivity index (χ3v) is 11.6. The molecule has 264 valence electrons. The summed E-state index contributed by atoms with van der Waals surface area (Å²) >= 11 is 0. The average Bonchev–Trinajstić information content (AvgIpc) is 3.96. The lowest BCUT2D eigenvalue weighted by Crippen LogP contribution is -2.01. The second-order valence-corrected chi connectivity index (χ2v) is 14.7. The molecule has 0 fully saturated rings. The molecule has 0 aliphatic heterocycles. The van der Waals surface area contributed by atoms with E-state index in [1.165, 1.54) is 21.5 Å². The monoisotopic (exact) mass is 728 g/mol. The van der Waals surface area contributed by atoms with Gasteiger partial charge < -0.3 is 13.4 Å². The molecule has 9 aromatic carbocycles. The minimum atomic E-state index is 0.538. The molecule has 4 heterocycles.